The Morgan fingerprint density at radius 2 is 1.86 bits per heavy atom. The highest BCUT2D eigenvalue weighted by Crippen LogP contribution is 2.27. The van der Waals surface area contributed by atoms with Gasteiger partial charge in [0.1, 0.15) is 16.7 Å². The van der Waals surface area contributed by atoms with Gasteiger partial charge in [-0.15, -0.1) is 11.3 Å². The van der Waals surface area contributed by atoms with E-state index in [2.05, 4.69) is 34.9 Å². The molecule has 7 heteroatoms. The smallest absolute Gasteiger partial charge is 0.269 e. The van der Waals surface area contributed by atoms with Crippen LogP contribution in [0.1, 0.15) is 20.8 Å². The fraction of sp³-hybridized carbons (Fsp3) is 0.143. The Labute approximate surface area is 177 Å². The van der Waals surface area contributed by atoms with Crippen LogP contribution in [0.15, 0.2) is 60.0 Å². The van der Waals surface area contributed by atoms with E-state index in [0.29, 0.717) is 9.90 Å². The van der Waals surface area contributed by atoms with Crippen molar-refractivity contribution in [3.63, 3.8) is 0 Å². The molecule has 0 fully saturated rings. The van der Waals surface area contributed by atoms with Crippen LogP contribution in [0.4, 0.5) is 5.69 Å². The first-order valence-corrected chi connectivity index (χ1v) is 10.4. The molecule has 1 aromatic heterocycles. The lowest BCUT2D eigenvalue weighted by molar-refractivity contribution is 0.0982. The molecule has 28 heavy (non-hydrogen) atoms. The predicted octanol–water partition coefficient (Wildman–Crippen LogP) is 5.07. The van der Waals surface area contributed by atoms with Crippen LogP contribution >= 0.6 is 35.2 Å². The molecule has 1 aliphatic rings. The van der Waals surface area contributed by atoms with Crippen molar-refractivity contribution in [2.24, 2.45) is 0 Å². The van der Waals surface area contributed by atoms with E-state index >= 15 is 0 Å². The van der Waals surface area contributed by atoms with Gasteiger partial charge in [0, 0.05) is 24.6 Å². The highest BCUT2D eigenvalue weighted by Gasteiger charge is 2.22. The number of hydrogen-bond acceptors (Lipinski definition) is 4. The van der Waals surface area contributed by atoms with E-state index < -0.39 is 0 Å². The summed E-state index contributed by atoms with van der Waals surface area (Å²) in [6, 6.07) is 17.7. The van der Waals surface area contributed by atoms with E-state index in [-0.39, 0.29) is 17.1 Å². The molecule has 1 aliphatic carbocycles. The Bertz CT molecular complexity index is 1010. The van der Waals surface area contributed by atoms with Crippen LogP contribution in [0.2, 0.25) is 5.02 Å². The van der Waals surface area contributed by atoms with Crippen molar-refractivity contribution >= 4 is 51.9 Å². The average Bonchev–Trinajstić information content (AvgIpc) is 3.27. The molecule has 0 atom stereocenters. The highest BCUT2D eigenvalue weighted by molar-refractivity contribution is 7.80. The Morgan fingerprint density at radius 1 is 1.11 bits per heavy atom. The highest BCUT2D eigenvalue weighted by atomic mass is 35.5. The first-order valence-electron chi connectivity index (χ1n) is 8.77. The van der Waals surface area contributed by atoms with Crippen LogP contribution in [0.5, 0.6) is 5.75 Å². The van der Waals surface area contributed by atoms with E-state index in [1.165, 1.54) is 22.5 Å². The van der Waals surface area contributed by atoms with Crippen LogP contribution in [-0.2, 0) is 12.8 Å². The molecular formula is C21H17ClN2O2S2. The average molecular weight is 429 g/mol. The molecule has 0 saturated heterocycles. The molecule has 1 amide bonds. The monoisotopic (exact) mass is 428 g/mol. The second-order valence-corrected chi connectivity index (χ2v) is 8.18. The van der Waals surface area contributed by atoms with E-state index in [4.69, 9.17) is 28.6 Å². The Morgan fingerprint density at radius 3 is 2.54 bits per heavy atom. The number of benzene rings is 2. The van der Waals surface area contributed by atoms with Crippen LogP contribution < -0.4 is 15.4 Å². The maximum absolute atomic E-state index is 12.2. The second kappa shape index (κ2) is 8.31. The van der Waals surface area contributed by atoms with E-state index in [1.807, 2.05) is 24.3 Å². The van der Waals surface area contributed by atoms with Gasteiger partial charge in [0.05, 0.1) is 5.02 Å². The van der Waals surface area contributed by atoms with Crippen molar-refractivity contribution < 1.29 is 9.53 Å². The summed E-state index contributed by atoms with van der Waals surface area (Å²) in [5.74, 6) is 0.437. The van der Waals surface area contributed by atoms with Gasteiger partial charge >= 0.3 is 0 Å². The van der Waals surface area contributed by atoms with Gasteiger partial charge in [0.2, 0.25) is 0 Å². The summed E-state index contributed by atoms with van der Waals surface area (Å²) in [7, 11) is 0. The molecule has 1 heterocycles. The van der Waals surface area contributed by atoms with Crippen molar-refractivity contribution in [3.05, 3.63) is 81.0 Å². The van der Waals surface area contributed by atoms with Crippen molar-refractivity contribution in [3.8, 4) is 5.75 Å². The Balaban J connectivity index is 1.36. The molecule has 0 radical (unpaired) electrons. The maximum atomic E-state index is 12.2. The number of thiophene rings is 1. The number of nitrogens with one attached hydrogen (secondary N) is 2. The summed E-state index contributed by atoms with van der Waals surface area (Å²) in [6.45, 7) is 0. The number of halogens is 1. The van der Waals surface area contributed by atoms with Crippen LogP contribution in [0.3, 0.4) is 0 Å². The fourth-order valence-electron chi connectivity index (χ4n) is 3.22. The molecule has 0 unspecified atom stereocenters. The SMILES string of the molecule is O=C(NC(=S)Nc1cccc(OC2Cc3ccccc3C2)c1)c1sccc1Cl. The largest absolute Gasteiger partial charge is 0.490 e. The van der Waals surface area contributed by atoms with Gasteiger partial charge in [-0.2, -0.15) is 0 Å². The molecule has 0 spiro atoms. The van der Waals surface area contributed by atoms with E-state index in [0.717, 1.165) is 24.3 Å². The third-order valence-corrected chi connectivity index (χ3v) is 6.00. The zero-order valence-electron chi connectivity index (χ0n) is 14.8. The molecule has 3 aromatic rings. The van der Waals surface area contributed by atoms with Crippen LogP contribution in [-0.4, -0.2) is 17.1 Å². The summed E-state index contributed by atoms with van der Waals surface area (Å²) < 4.78 is 6.15. The lowest BCUT2D eigenvalue weighted by atomic mass is 10.1. The minimum atomic E-state index is -0.325. The molecule has 0 aliphatic heterocycles. The van der Waals surface area contributed by atoms with Crippen molar-refractivity contribution in [1.82, 2.24) is 5.32 Å². The van der Waals surface area contributed by atoms with Crippen molar-refractivity contribution in [2.45, 2.75) is 18.9 Å². The van der Waals surface area contributed by atoms with Gasteiger partial charge in [-0.1, -0.05) is 41.9 Å². The first-order chi connectivity index (χ1) is 13.6. The molecular weight excluding hydrogens is 412 g/mol. The number of fused-ring (bicyclic) bond motifs is 1. The summed E-state index contributed by atoms with van der Waals surface area (Å²) in [6.07, 6.45) is 1.94. The number of rotatable bonds is 4. The maximum Gasteiger partial charge on any atom is 0.269 e. The molecule has 0 bridgehead atoms. The van der Waals surface area contributed by atoms with Crippen molar-refractivity contribution in [2.75, 3.05) is 5.32 Å². The molecule has 4 nitrogen and oxygen atoms in total. The van der Waals surface area contributed by atoms with Gasteiger partial charge in [-0.25, -0.2) is 0 Å². The number of carbonyl (C=O) groups excluding carboxylic acids is 1. The normalized spacial score (nSPS) is 13.0. The molecule has 142 valence electrons. The number of carbonyl (C=O) groups is 1. The Hall–Kier alpha value is -2.41. The molecule has 4 rings (SSSR count). The standard InChI is InChI=1S/C21H17ClN2O2S2/c22-18-8-9-28-19(18)20(25)24-21(27)23-15-6-3-7-16(12-15)26-17-10-13-4-1-2-5-14(13)11-17/h1-9,12,17H,10-11H2,(H2,23,24,25,27). The topological polar surface area (TPSA) is 50.4 Å². The lowest BCUT2D eigenvalue weighted by Gasteiger charge is -2.15. The number of ether oxygens (including phenoxy) is 1. The third kappa shape index (κ3) is 4.35. The lowest BCUT2D eigenvalue weighted by Crippen LogP contribution is -2.33. The second-order valence-electron chi connectivity index (χ2n) is 6.45. The quantitative estimate of drug-likeness (QED) is 0.569. The van der Waals surface area contributed by atoms with Crippen LogP contribution in [0.25, 0.3) is 0 Å². The minimum absolute atomic E-state index is 0.125. The predicted molar refractivity (Wildman–Crippen MR) is 118 cm³/mol. The summed E-state index contributed by atoms with van der Waals surface area (Å²) in [5.41, 5.74) is 3.44. The zero-order chi connectivity index (χ0) is 19.5. The van der Waals surface area contributed by atoms with Gasteiger partial charge in [0.25, 0.3) is 5.91 Å². The van der Waals surface area contributed by atoms with Crippen molar-refractivity contribution in [1.29, 1.82) is 0 Å². The number of anilines is 1. The fourth-order valence-corrected chi connectivity index (χ4v) is 4.47. The van der Waals surface area contributed by atoms with E-state index in [9.17, 15) is 4.79 Å². The van der Waals surface area contributed by atoms with Gasteiger partial charge in [-0.3, -0.25) is 10.1 Å². The Kier molecular flexibility index (Phi) is 5.62. The minimum Gasteiger partial charge on any atom is -0.490 e. The number of thiocarbonyl (C=S) groups is 1. The van der Waals surface area contributed by atoms with E-state index in [1.54, 1.807) is 11.4 Å². The molecule has 2 N–H and O–H groups in total. The number of amides is 1. The summed E-state index contributed by atoms with van der Waals surface area (Å²) >= 11 is 12.5. The number of hydrogen-bond donors (Lipinski definition) is 2. The summed E-state index contributed by atoms with van der Waals surface area (Å²) in [4.78, 5) is 12.6. The summed E-state index contributed by atoms with van der Waals surface area (Å²) in [5, 5.41) is 8.04. The van der Waals surface area contributed by atoms with Gasteiger partial charge < -0.3 is 10.1 Å². The molecule has 2 aromatic carbocycles. The first kappa shape index (κ1) is 18.9. The van der Waals surface area contributed by atoms with Crippen LogP contribution in [0, 0.1) is 0 Å². The van der Waals surface area contributed by atoms with Gasteiger partial charge in [-0.05, 0) is 46.9 Å². The van der Waals surface area contributed by atoms with Gasteiger partial charge in [0.15, 0.2) is 5.11 Å². The zero-order valence-corrected chi connectivity index (χ0v) is 17.2. The molecule has 0 saturated carbocycles. The third-order valence-electron chi connectivity index (χ3n) is 4.46.